The van der Waals surface area contributed by atoms with Crippen LogP contribution in [0.5, 0.6) is 0 Å². The molecule has 3 aromatic carbocycles. The molecular formula is C24H25N5. The smallest absolute Gasteiger partial charge is 0.0858 e. The molecule has 5 nitrogen and oxygen atoms in total. The fourth-order valence-electron chi connectivity index (χ4n) is 3.31. The van der Waals surface area contributed by atoms with E-state index in [-0.39, 0.29) is 0 Å². The van der Waals surface area contributed by atoms with Crippen molar-refractivity contribution in [3.8, 4) is 0 Å². The van der Waals surface area contributed by atoms with Crippen molar-refractivity contribution < 1.29 is 0 Å². The Bertz CT molecular complexity index is 967. The largest absolute Gasteiger partial charge is 0.372 e. The van der Waals surface area contributed by atoms with Crippen molar-refractivity contribution in [1.82, 2.24) is 0 Å². The Hall–Kier alpha value is -3.34. The lowest BCUT2D eigenvalue weighted by atomic mass is 10.1. The summed E-state index contributed by atoms with van der Waals surface area (Å²) < 4.78 is 0. The quantitative estimate of drug-likeness (QED) is 0.414. The highest BCUT2D eigenvalue weighted by atomic mass is 15.1. The lowest BCUT2D eigenvalue weighted by Crippen LogP contribution is -2.29. The van der Waals surface area contributed by atoms with E-state index in [9.17, 15) is 0 Å². The van der Waals surface area contributed by atoms with Gasteiger partial charge in [0.05, 0.1) is 22.7 Å². The number of nitrogens with zero attached hydrogens (tertiary/aromatic N) is 5. The summed E-state index contributed by atoms with van der Waals surface area (Å²) in [6.45, 7) is 4.35. The normalized spacial score (nSPS) is 14.7. The summed E-state index contributed by atoms with van der Waals surface area (Å²) >= 11 is 0. The molecule has 4 rings (SSSR count). The van der Waals surface area contributed by atoms with Crippen LogP contribution in [0.1, 0.15) is 24.8 Å². The second-order valence-electron chi connectivity index (χ2n) is 7.32. The summed E-state index contributed by atoms with van der Waals surface area (Å²) in [7, 11) is 0. The first-order valence-corrected chi connectivity index (χ1v) is 10.1. The molecule has 146 valence electrons. The zero-order valence-corrected chi connectivity index (χ0v) is 16.7. The Morgan fingerprint density at radius 1 is 0.517 bits per heavy atom. The monoisotopic (exact) mass is 383 g/mol. The summed E-state index contributed by atoms with van der Waals surface area (Å²) in [4.78, 5) is 2.44. The van der Waals surface area contributed by atoms with Gasteiger partial charge in [-0.15, -0.1) is 0 Å². The molecule has 29 heavy (non-hydrogen) atoms. The number of azo groups is 2. The number of rotatable bonds is 5. The molecule has 0 unspecified atom stereocenters. The number of aryl methyl sites for hydroxylation is 1. The molecule has 1 fully saturated rings. The minimum atomic E-state index is 0.787. The molecule has 0 saturated carbocycles. The van der Waals surface area contributed by atoms with Crippen molar-refractivity contribution in [3.05, 3.63) is 78.4 Å². The third-order valence-corrected chi connectivity index (χ3v) is 5.02. The molecule has 0 aromatic heterocycles. The van der Waals surface area contributed by atoms with Gasteiger partial charge in [-0.2, -0.15) is 20.5 Å². The molecule has 0 amide bonds. The third-order valence-electron chi connectivity index (χ3n) is 5.02. The van der Waals surface area contributed by atoms with Crippen molar-refractivity contribution in [2.45, 2.75) is 26.2 Å². The summed E-state index contributed by atoms with van der Waals surface area (Å²) in [6, 6.07) is 23.9. The van der Waals surface area contributed by atoms with Gasteiger partial charge in [0.1, 0.15) is 0 Å². The van der Waals surface area contributed by atoms with E-state index >= 15 is 0 Å². The van der Waals surface area contributed by atoms with Gasteiger partial charge in [0.2, 0.25) is 0 Å². The molecule has 0 bridgehead atoms. The van der Waals surface area contributed by atoms with Crippen molar-refractivity contribution in [2.75, 3.05) is 18.0 Å². The Balaban J connectivity index is 1.36. The van der Waals surface area contributed by atoms with Gasteiger partial charge < -0.3 is 4.90 Å². The average molecular weight is 383 g/mol. The van der Waals surface area contributed by atoms with Crippen LogP contribution in [0.4, 0.5) is 28.4 Å². The van der Waals surface area contributed by atoms with Crippen molar-refractivity contribution in [1.29, 1.82) is 0 Å². The van der Waals surface area contributed by atoms with Gasteiger partial charge in [-0.1, -0.05) is 17.7 Å². The van der Waals surface area contributed by atoms with Crippen LogP contribution in [0, 0.1) is 6.92 Å². The highest BCUT2D eigenvalue weighted by Crippen LogP contribution is 2.26. The Morgan fingerprint density at radius 2 is 0.897 bits per heavy atom. The maximum atomic E-state index is 4.35. The Labute approximate surface area is 171 Å². The van der Waals surface area contributed by atoms with Crippen LogP contribution in [0.15, 0.2) is 93.3 Å². The van der Waals surface area contributed by atoms with Crippen LogP contribution in [-0.4, -0.2) is 13.1 Å². The second-order valence-corrected chi connectivity index (χ2v) is 7.32. The number of benzene rings is 3. The van der Waals surface area contributed by atoms with Gasteiger partial charge in [0.25, 0.3) is 0 Å². The van der Waals surface area contributed by atoms with Crippen LogP contribution in [0.25, 0.3) is 0 Å². The number of hydrogen-bond donors (Lipinski definition) is 0. The highest BCUT2D eigenvalue weighted by molar-refractivity contribution is 5.53. The highest BCUT2D eigenvalue weighted by Gasteiger charge is 2.10. The van der Waals surface area contributed by atoms with E-state index in [1.807, 2.05) is 60.7 Å². The van der Waals surface area contributed by atoms with Crippen molar-refractivity contribution in [3.63, 3.8) is 0 Å². The minimum Gasteiger partial charge on any atom is -0.372 e. The van der Waals surface area contributed by atoms with Gasteiger partial charge >= 0.3 is 0 Å². The van der Waals surface area contributed by atoms with Crippen LogP contribution in [0.3, 0.4) is 0 Å². The van der Waals surface area contributed by atoms with E-state index in [0.717, 1.165) is 35.8 Å². The van der Waals surface area contributed by atoms with Crippen LogP contribution in [0.2, 0.25) is 0 Å². The maximum Gasteiger partial charge on any atom is 0.0858 e. The first-order chi connectivity index (χ1) is 14.3. The average Bonchev–Trinajstić information content (AvgIpc) is 2.79. The second kappa shape index (κ2) is 9.24. The third kappa shape index (κ3) is 5.35. The Kier molecular flexibility index (Phi) is 6.05. The predicted octanol–water partition coefficient (Wildman–Crippen LogP) is 7.82. The SMILES string of the molecule is Cc1ccc(/N=N/c2ccc(/N=N/c3ccc(N4CCCCC4)cc3)cc2)cc1. The zero-order chi connectivity index (χ0) is 19.9. The fraction of sp³-hybridized carbons (Fsp3) is 0.250. The van der Waals surface area contributed by atoms with Gasteiger partial charge in [0.15, 0.2) is 0 Å². The van der Waals surface area contributed by atoms with Gasteiger partial charge in [-0.25, -0.2) is 0 Å². The molecule has 1 aliphatic heterocycles. The Morgan fingerprint density at radius 3 is 1.34 bits per heavy atom. The van der Waals surface area contributed by atoms with Crippen molar-refractivity contribution in [2.24, 2.45) is 20.5 Å². The summed E-state index contributed by atoms with van der Waals surface area (Å²) in [5, 5.41) is 17.2. The molecule has 1 heterocycles. The molecule has 1 aliphatic rings. The van der Waals surface area contributed by atoms with E-state index in [4.69, 9.17) is 0 Å². The van der Waals surface area contributed by atoms with E-state index in [1.54, 1.807) is 0 Å². The summed E-state index contributed by atoms with van der Waals surface area (Å²) in [5.41, 5.74) is 5.75. The van der Waals surface area contributed by atoms with Crippen molar-refractivity contribution >= 4 is 28.4 Å². The van der Waals surface area contributed by atoms with Gasteiger partial charge in [-0.05, 0) is 86.8 Å². The van der Waals surface area contributed by atoms with E-state index < -0.39 is 0 Å². The molecule has 0 N–H and O–H groups in total. The number of hydrogen-bond acceptors (Lipinski definition) is 5. The fourth-order valence-corrected chi connectivity index (χ4v) is 3.31. The first kappa shape index (κ1) is 19.0. The topological polar surface area (TPSA) is 52.7 Å². The molecule has 0 aliphatic carbocycles. The maximum absolute atomic E-state index is 4.35. The van der Waals surface area contributed by atoms with Gasteiger partial charge in [-0.3, -0.25) is 0 Å². The standard InChI is InChI=1S/C24H25N5/c1-19-5-7-20(8-6-19)25-26-21-9-11-22(12-10-21)27-28-23-13-15-24(16-14-23)29-17-3-2-4-18-29/h5-16H,2-4,17-18H2,1H3/b26-25+,28-27+. The predicted molar refractivity (Wildman–Crippen MR) is 118 cm³/mol. The molecule has 5 heteroatoms. The number of anilines is 1. The van der Waals surface area contributed by atoms with Crippen LogP contribution in [-0.2, 0) is 0 Å². The molecule has 3 aromatic rings. The number of piperidine rings is 1. The molecule has 0 spiro atoms. The van der Waals surface area contributed by atoms with E-state index in [2.05, 4.69) is 44.4 Å². The lowest BCUT2D eigenvalue weighted by Gasteiger charge is -2.28. The van der Waals surface area contributed by atoms with E-state index in [0.29, 0.717) is 0 Å². The lowest BCUT2D eigenvalue weighted by molar-refractivity contribution is 0.578. The van der Waals surface area contributed by atoms with Gasteiger partial charge in [0, 0.05) is 18.8 Å². The molecule has 1 saturated heterocycles. The van der Waals surface area contributed by atoms with E-state index in [1.165, 1.54) is 30.5 Å². The van der Waals surface area contributed by atoms with Crippen LogP contribution < -0.4 is 4.90 Å². The minimum absolute atomic E-state index is 0.787. The molecule has 0 radical (unpaired) electrons. The molecule has 0 atom stereocenters. The summed E-state index contributed by atoms with van der Waals surface area (Å²) in [5.74, 6) is 0. The zero-order valence-electron chi connectivity index (χ0n) is 16.7. The van der Waals surface area contributed by atoms with Crippen LogP contribution >= 0.6 is 0 Å². The first-order valence-electron chi connectivity index (χ1n) is 10.1. The molecular weight excluding hydrogens is 358 g/mol. The summed E-state index contributed by atoms with van der Waals surface area (Å²) in [6.07, 6.45) is 3.90.